The molecule has 2 heterocycles. The van der Waals surface area contributed by atoms with Crippen LogP contribution in [0.5, 0.6) is 0 Å². The lowest BCUT2D eigenvalue weighted by atomic mass is 9.96. The zero-order valence-electron chi connectivity index (χ0n) is 7.64. The number of piperazine rings is 1. The van der Waals surface area contributed by atoms with Crippen molar-refractivity contribution in [2.24, 2.45) is 0 Å². The Hall–Kier alpha value is -0.0800. The second-order valence-electron chi connectivity index (χ2n) is 4.33. The second kappa shape index (κ2) is 2.46. The van der Waals surface area contributed by atoms with E-state index in [1.165, 1.54) is 39.0 Å². The lowest BCUT2D eigenvalue weighted by molar-refractivity contribution is 0.0541. The lowest BCUT2D eigenvalue weighted by Crippen LogP contribution is -2.56. The predicted molar refractivity (Wildman–Crippen MR) is 46.7 cm³/mol. The van der Waals surface area contributed by atoms with Crippen LogP contribution in [-0.2, 0) is 0 Å². The number of fused-ring (bicyclic) bond motifs is 1. The van der Waals surface area contributed by atoms with Crippen LogP contribution in [0.4, 0.5) is 0 Å². The minimum atomic E-state index is 0.521. The van der Waals surface area contributed by atoms with Crippen LogP contribution in [0.25, 0.3) is 0 Å². The highest BCUT2D eigenvalue weighted by Crippen LogP contribution is 2.31. The Balaban J connectivity index is 2.10. The van der Waals surface area contributed by atoms with Crippen LogP contribution in [0.2, 0.25) is 0 Å². The summed E-state index contributed by atoms with van der Waals surface area (Å²) in [7, 11) is 2.24. The number of likely N-dealkylation sites (N-methyl/N-ethyl adjacent to an activating group) is 1. The molecule has 2 aliphatic rings. The molecule has 2 saturated heterocycles. The van der Waals surface area contributed by atoms with E-state index in [1.807, 2.05) is 0 Å². The topological polar surface area (TPSA) is 6.48 Å². The molecule has 0 spiro atoms. The Morgan fingerprint density at radius 3 is 2.82 bits per heavy atom. The summed E-state index contributed by atoms with van der Waals surface area (Å²) in [6.07, 6.45) is 2.81. The highest BCUT2D eigenvalue weighted by molar-refractivity contribution is 4.97. The largest absolute Gasteiger partial charge is 0.303 e. The molecule has 0 aromatic carbocycles. The highest BCUT2D eigenvalue weighted by atomic mass is 15.3. The van der Waals surface area contributed by atoms with Crippen LogP contribution in [-0.4, -0.2) is 48.6 Å². The predicted octanol–water partition coefficient (Wildman–Crippen LogP) is 0.786. The van der Waals surface area contributed by atoms with E-state index in [0.29, 0.717) is 5.54 Å². The van der Waals surface area contributed by atoms with E-state index in [4.69, 9.17) is 0 Å². The van der Waals surface area contributed by atoms with E-state index in [9.17, 15) is 0 Å². The molecule has 2 nitrogen and oxygen atoms in total. The zero-order chi connectivity index (χ0) is 7.90. The Morgan fingerprint density at radius 1 is 1.18 bits per heavy atom. The maximum Gasteiger partial charge on any atom is 0.0309 e. The first-order valence-electron chi connectivity index (χ1n) is 4.64. The van der Waals surface area contributed by atoms with Gasteiger partial charge in [0.05, 0.1) is 0 Å². The van der Waals surface area contributed by atoms with E-state index in [2.05, 4.69) is 23.8 Å². The van der Waals surface area contributed by atoms with Crippen LogP contribution in [0.15, 0.2) is 0 Å². The quantitative estimate of drug-likeness (QED) is 0.509. The summed E-state index contributed by atoms with van der Waals surface area (Å²) in [6.45, 7) is 7.57. The number of rotatable bonds is 0. The Kier molecular flexibility index (Phi) is 1.69. The van der Waals surface area contributed by atoms with Gasteiger partial charge in [-0.1, -0.05) is 0 Å². The molecular formula is C9H18N2. The molecule has 0 aliphatic carbocycles. The van der Waals surface area contributed by atoms with Crippen molar-refractivity contribution in [1.82, 2.24) is 9.80 Å². The molecule has 11 heavy (non-hydrogen) atoms. The minimum Gasteiger partial charge on any atom is -0.303 e. The van der Waals surface area contributed by atoms with Gasteiger partial charge in [0.1, 0.15) is 0 Å². The van der Waals surface area contributed by atoms with Crippen LogP contribution in [0.1, 0.15) is 19.8 Å². The monoisotopic (exact) mass is 154 g/mol. The molecule has 2 aliphatic heterocycles. The number of hydrogen-bond donors (Lipinski definition) is 0. The molecule has 2 fully saturated rings. The van der Waals surface area contributed by atoms with E-state index < -0.39 is 0 Å². The second-order valence-corrected chi connectivity index (χ2v) is 4.33. The smallest absolute Gasteiger partial charge is 0.0309 e. The first kappa shape index (κ1) is 7.56. The van der Waals surface area contributed by atoms with E-state index in [1.54, 1.807) is 0 Å². The average Bonchev–Trinajstić information content (AvgIpc) is 2.28. The summed E-state index contributed by atoms with van der Waals surface area (Å²) < 4.78 is 0. The van der Waals surface area contributed by atoms with Gasteiger partial charge in [-0.15, -0.1) is 0 Å². The van der Waals surface area contributed by atoms with Crippen molar-refractivity contribution in [1.29, 1.82) is 0 Å². The normalized spacial score (nSPS) is 40.9. The maximum atomic E-state index is 2.66. The summed E-state index contributed by atoms with van der Waals surface area (Å²) >= 11 is 0. The lowest BCUT2D eigenvalue weighted by Gasteiger charge is -2.43. The van der Waals surface area contributed by atoms with E-state index in [0.717, 1.165) is 0 Å². The number of hydrogen-bond acceptors (Lipinski definition) is 2. The first-order valence-corrected chi connectivity index (χ1v) is 4.64. The van der Waals surface area contributed by atoms with E-state index >= 15 is 0 Å². The summed E-state index contributed by atoms with van der Waals surface area (Å²) in [4.78, 5) is 5.12. The third-order valence-electron chi connectivity index (χ3n) is 3.27. The third kappa shape index (κ3) is 1.18. The molecule has 0 aromatic rings. The van der Waals surface area contributed by atoms with Gasteiger partial charge in [0.15, 0.2) is 0 Å². The molecule has 64 valence electrons. The van der Waals surface area contributed by atoms with Crippen molar-refractivity contribution < 1.29 is 0 Å². The molecule has 0 saturated carbocycles. The number of nitrogens with zero attached hydrogens (tertiary/aromatic N) is 2. The zero-order valence-corrected chi connectivity index (χ0v) is 7.64. The van der Waals surface area contributed by atoms with Gasteiger partial charge in [-0.05, 0) is 33.4 Å². The van der Waals surface area contributed by atoms with Crippen molar-refractivity contribution in [3.63, 3.8) is 0 Å². The van der Waals surface area contributed by atoms with Crippen molar-refractivity contribution in [3.8, 4) is 0 Å². The van der Waals surface area contributed by atoms with Crippen LogP contribution >= 0.6 is 0 Å². The summed E-state index contributed by atoms with van der Waals surface area (Å²) in [6, 6.07) is 0. The fraction of sp³-hybridized carbons (Fsp3) is 1.00. The Bertz CT molecular complexity index is 158. The van der Waals surface area contributed by atoms with Gasteiger partial charge in [-0.2, -0.15) is 0 Å². The van der Waals surface area contributed by atoms with E-state index in [-0.39, 0.29) is 0 Å². The summed E-state index contributed by atoms with van der Waals surface area (Å²) in [5, 5.41) is 0. The van der Waals surface area contributed by atoms with Gasteiger partial charge in [-0.3, -0.25) is 4.90 Å². The molecule has 0 bridgehead atoms. The molecule has 0 unspecified atom stereocenters. The van der Waals surface area contributed by atoms with Gasteiger partial charge in [0.2, 0.25) is 0 Å². The standard InChI is InChI=1S/C9H18N2/c1-9-4-3-5-11(9)7-6-10(2)8-9/h3-8H2,1-2H3/t9-/m1/s1. The van der Waals surface area contributed by atoms with Crippen molar-refractivity contribution >= 4 is 0 Å². The van der Waals surface area contributed by atoms with Crippen LogP contribution < -0.4 is 0 Å². The summed E-state index contributed by atoms with van der Waals surface area (Å²) in [5.74, 6) is 0. The third-order valence-corrected chi connectivity index (χ3v) is 3.27. The molecule has 2 heteroatoms. The molecule has 1 atom stereocenters. The van der Waals surface area contributed by atoms with Crippen LogP contribution in [0.3, 0.4) is 0 Å². The van der Waals surface area contributed by atoms with Crippen molar-refractivity contribution in [2.75, 3.05) is 33.2 Å². The van der Waals surface area contributed by atoms with Gasteiger partial charge in [0.25, 0.3) is 0 Å². The SMILES string of the molecule is CN1CCN2CCC[C@]2(C)C1. The van der Waals surface area contributed by atoms with Crippen molar-refractivity contribution in [3.05, 3.63) is 0 Å². The van der Waals surface area contributed by atoms with Crippen molar-refractivity contribution in [2.45, 2.75) is 25.3 Å². The summed E-state index contributed by atoms with van der Waals surface area (Å²) in [5.41, 5.74) is 0.521. The fourth-order valence-electron chi connectivity index (χ4n) is 2.59. The van der Waals surface area contributed by atoms with Crippen LogP contribution in [0, 0.1) is 0 Å². The highest BCUT2D eigenvalue weighted by Gasteiger charge is 2.39. The molecule has 0 radical (unpaired) electrons. The molecular weight excluding hydrogens is 136 g/mol. The minimum absolute atomic E-state index is 0.521. The average molecular weight is 154 g/mol. The molecule has 2 rings (SSSR count). The molecule has 0 amide bonds. The first-order chi connectivity index (χ1) is 5.21. The molecule has 0 aromatic heterocycles. The maximum absolute atomic E-state index is 2.66. The van der Waals surface area contributed by atoms with Gasteiger partial charge < -0.3 is 4.90 Å². The van der Waals surface area contributed by atoms with Gasteiger partial charge in [0, 0.05) is 25.2 Å². The van der Waals surface area contributed by atoms with Gasteiger partial charge >= 0.3 is 0 Å². The Labute approximate surface area is 69.2 Å². The van der Waals surface area contributed by atoms with Gasteiger partial charge in [-0.25, -0.2) is 0 Å². The Morgan fingerprint density at radius 2 is 2.00 bits per heavy atom. The molecule has 0 N–H and O–H groups in total. The fourth-order valence-corrected chi connectivity index (χ4v) is 2.59.